The van der Waals surface area contributed by atoms with Gasteiger partial charge in [0.25, 0.3) is 0 Å². The highest BCUT2D eigenvalue weighted by Gasteiger charge is 2.15. The molecule has 0 radical (unpaired) electrons. The summed E-state index contributed by atoms with van der Waals surface area (Å²) < 4.78 is 0. The molecule has 4 nitrogen and oxygen atoms in total. The van der Waals surface area contributed by atoms with E-state index >= 15 is 0 Å². The van der Waals surface area contributed by atoms with Gasteiger partial charge in [-0.3, -0.25) is 4.79 Å². The summed E-state index contributed by atoms with van der Waals surface area (Å²) in [7, 11) is 0. The molecule has 0 bridgehead atoms. The number of rotatable bonds is 6. The number of aromatic amines is 1. The van der Waals surface area contributed by atoms with Gasteiger partial charge < -0.3 is 15.4 Å². The van der Waals surface area contributed by atoms with Crippen LogP contribution in [0.4, 0.5) is 0 Å². The third-order valence-electron chi connectivity index (χ3n) is 2.56. The second kappa shape index (κ2) is 5.82. The average molecular weight is 224 g/mol. The zero-order valence-corrected chi connectivity index (χ0v) is 9.92. The first kappa shape index (κ1) is 12.9. The predicted molar refractivity (Wildman–Crippen MR) is 64.3 cm³/mol. The Hall–Kier alpha value is -1.13. The Morgan fingerprint density at radius 2 is 2.25 bits per heavy atom. The Kier molecular flexibility index (Phi) is 4.71. The summed E-state index contributed by atoms with van der Waals surface area (Å²) in [5.74, 6) is 0. The maximum absolute atomic E-state index is 11.0. The highest BCUT2D eigenvalue weighted by Crippen LogP contribution is 2.17. The first-order chi connectivity index (χ1) is 7.53. The summed E-state index contributed by atoms with van der Waals surface area (Å²) in [4.78, 5) is 13.6. The molecular weight excluding hydrogens is 204 g/mol. The molecule has 0 aliphatic carbocycles. The van der Waals surface area contributed by atoms with Crippen molar-refractivity contribution in [2.24, 2.45) is 5.41 Å². The molecule has 1 aromatic rings. The quantitative estimate of drug-likeness (QED) is 0.672. The number of aliphatic hydroxyl groups excluding tert-OH is 1. The molecule has 90 valence electrons. The van der Waals surface area contributed by atoms with Crippen molar-refractivity contribution in [3.8, 4) is 0 Å². The number of H-pyrrole nitrogens is 1. The largest absolute Gasteiger partial charge is 0.396 e. The van der Waals surface area contributed by atoms with Gasteiger partial charge in [0, 0.05) is 32.0 Å². The standard InChI is InChI=1S/C12H20N2O2/c1-12(2,4-6-15)9-13-8-10-3-5-14-11(16)7-10/h3,5,7,13,15H,4,6,8-9H2,1-2H3,(H,14,16). The molecule has 1 rings (SSSR count). The Morgan fingerprint density at radius 3 is 2.88 bits per heavy atom. The molecule has 1 heterocycles. The maximum Gasteiger partial charge on any atom is 0.248 e. The minimum atomic E-state index is -0.0751. The van der Waals surface area contributed by atoms with Crippen LogP contribution in [0, 0.1) is 5.41 Å². The molecule has 0 unspecified atom stereocenters. The van der Waals surface area contributed by atoms with Gasteiger partial charge in [-0.1, -0.05) is 13.8 Å². The van der Waals surface area contributed by atoms with Crippen molar-refractivity contribution in [2.45, 2.75) is 26.8 Å². The van der Waals surface area contributed by atoms with Crippen LogP contribution in [0.15, 0.2) is 23.1 Å². The zero-order valence-electron chi connectivity index (χ0n) is 9.92. The smallest absolute Gasteiger partial charge is 0.248 e. The van der Waals surface area contributed by atoms with Gasteiger partial charge in [-0.2, -0.15) is 0 Å². The first-order valence-electron chi connectivity index (χ1n) is 5.53. The Labute approximate surface area is 95.7 Å². The van der Waals surface area contributed by atoms with E-state index in [1.807, 2.05) is 6.07 Å². The Morgan fingerprint density at radius 1 is 1.50 bits per heavy atom. The fourth-order valence-corrected chi connectivity index (χ4v) is 1.54. The van der Waals surface area contributed by atoms with Crippen LogP contribution in [0.5, 0.6) is 0 Å². The van der Waals surface area contributed by atoms with Gasteiger partial charge in [-0.05, 0) is 23.5 Å². The van der Waals surface area contributed by atoms with Crippen molar-refractivity contribution in [1.29, 1.82) is 0 Å². The van der Waals surface area contributed by atoms with E-state index in [0.717, 1.165) is 18.5 Å². The van der Waals surface area contributed by atoms with Crippen molar-refractivity contribution in [3.63, 3.8) is 0 Å². The molecule has 0 atom stereocenters. The molecule has 0 fully saturated rings. The average Bonchev–Trinajstić information content (AvgIpc) is 2.17. The van der Waals surface area contributed by atoms with Gasteiger partial charge in [0.1, 0.15) is 0 Å². The number of pyridine rings is 1. The van der Waals surface area contributed by atoms with E-state index in [2.05, 4.69) is 24.1 Å². The molecule has 0 saturated heterocycles. The van der Waals surface area contributed by atoms with E-state index in [-0.39, 0.29) is 17.6 Å². The monoisotopic (exact) mass is 224 g/mol. The van der Waals surface area contributed by atoms with Crippen LogP contribution in [0.25, 0.3) is 0 Å². The second-order valence-electron chi connectivity index (χ2n) is 4.80. The van der Waals surface area contributed by atoms with E-state index in [4.69, 9.17) is 5.11 Å². The molecule has 0 spiro atoms. The fraction of sp³-hybridized carbons (Fsp3) is 0.583. The maximum atomic E-state index is 11.0. The number of hydrogen-bond donors (Lipinski definition) is 3. The first-order valence-corrected chi connectivity index (χ1v) is 5.53. The minimum absolute atomic E-state index is 0.0751. The van der Waals surface area contributed by atoms with Crippen LogP contribution in [-0.4, -0.2) is 23.2 Å². The van der Waals surface area contributed by atoms with Crippen LogP contribution in [-0.2, 0) is 6.54 Å². The van der Waals surface area contributed by atoms with E-state index in [1.54, 1.807) is 12.3 Å². The van der Waals surface area contributed by atoms with Gasteiger partial charge in [0.2, 0.25) is 5.56 Å². The molecular formula is C12H20N2O2. The van der Waals surface area contributed by atoms with E-state index in [9.17, 15) is 4.79 Å². The fourth-order valence-electron chi connectivity index (χ4n) is 1.54. The van der Waals surface area contributed by atoms with E-state index in [1.165, 1.54) is 0 Å². The summed E-state index contributed by atoms with van der Waals surface area (Å²) in [5.41, 5.74) is 0.980. The normalized spacial score (nSPS) is 11.7. The van der Waals surface area contributed by atoms with Crippen LogP contribution in [0.2, 0.25) is 0 Å². The highest BCUT2D eigenvalue weighted by molar-refractivity contribution is 5.09. The Balaban J connectivity index is 2.38. The SMILES string of the molecule is CC(C)(CCO)CNCc1cc[nH]c(=O)c1. The van der Waals surface area contributed by atoms with Crippen molar-refractivity contribution in [1.82, 2.24) is 10.3 Å². The summed E-state index contributed by atoms with van der Waals surface area (Å²) >= 11 is 0. The number of aliphatic hydroxyl groups is 1. The van der Waals surface area contributed by atoms with Gasteiger partial charge in [-0.15, -0.1) is 0 Å². The number of hydrogen-bond acceptors (Lipinski definition) is 3. The van der Waals surface area contributed by atoms with Crippen LogP contribution in [0.3, 0.4) is 0 Å². The van der Waals surface area contributed by atoms with Gasteiger partial charge in [-0.25, -0.2) is 0 Å². The summed E-state index contributed by atoms with van der Waals surface area (Å²) in [6, 6.07) is 3.47. The van der Waals surface area contributed by atoms with Crippen molar-refractivity contribution < 1.29 is 5.11 Å². The third kappa shape index (κ3) is 4.59. The lowest BCUT2D eigenvalue weighted by Crippen LogP contribution is -2.30. The topological polar surface area (TPSA) is 65.1 Å². The molecule has 16 heavy (non-hydrogen) atoms. The lowest BCUT2D eigenvalue weighted by Gasteiger charge is -2.23. The van der Waals surface area contributed by atoms with Crippen LogP contribution < -0.4 is 10.9 Å². The molecule has 0 aromatic carbocycles. The van der Waals surface area contributed by atoms with Crippen molar-refractivity contribution in [2.75, 3.05) is 13.2 Å². The lowest BCUT2D eigenvalue weighted by molar-refractivity contribution is 0.207. The van der Waals surface area contributed by atoms with Gasteiger partial charge in [0.15, 0.2) is 0 Å². The van der Waals surface area contributed by atoms with Gasteiger partial charge in [0.05, 0.1) is 0 Å². The highest BCUT2D eigenvalue weighted by atomic mass is 16.3. The van der Waals surface area contributed by atoms with Crippen LogP contribution in [0.1, 0.15) is 25.8 Å². The van der Waals surface area contributed by atoms with Crippen LogP contribution >= 0.6 is 0 Å². The number of nitrogens with one attached hydrogen (secondary N) is 2. The molecule has 4 heteroatoms. The molecule has 3 N–H and O–H groups in total. The van der Waals surface area contributed by atoms with E-state index < -0.39 is 0 Å². The van der Waals surface area contributed by atoms with Gasteiger partial charge >= 0.3 is 0 Å². The summed E-state index contributed by atoms with van der Waals surface area (Å²) in [6.07, 6.45) is 2.42. The number of aromatic nitrogens is 1. The molecule has 1 aromatic heterocycles. The molecule has 0 aliphatic heterocycles. The lowest BCUT2D eigenvalue weighted by atomic mass is 9.90. The Bertz CT molecular complexity index is 371. The summed E-state index contributed by atoms with van der Waals surface area (Å²) in [6.45, 7) is 5.92. The molecule has 0 amide bonds. The summed E-state index contributed by atoms with van der Waals surface area (Å²) in [5, 5.41) is 12.2. The zero-order chi connectivity index (χ0) is 12.0. The van der Waals surface area contributed by atoms with E-state index in [0.29, 0.717) is 6.54 Å². The predicted octanol–water partition coefficient (Wildman–Crippen LogP) is 0.873. The third-order valence-corrected chi connectivity index (χ3v) is 2.56. The van der Waals surface area contributed by atoms with Crippen molar-refractivity contribution >= 4 is 0 Å². The van der Waals surface area contributed by atoms with Crippen molar-refractivity contribution in [3.05, 3.63) is 34.2 Å². The second-order valence-corrected chi connectivity index (χ2v) is 4.80. The molecule has 0 saturated carbocycles. The molecule has 0 aliphatic rings. The minimum Gasteiger partial charge on any atom is -0.396 e.